The first-order valence-electron chi connectivity index (χ1n) is 7.36. The lowest BCUT2D eigenvalue weighted by Gasteiger charge is -2.10. The molecule has 0 atom stereocenters. The summed E-state index contributed by atoms with van der Waals surface area (Å²) in [5.74, 6) is -0.130. The summed E-state index contributed by atoms with van der Waals surface area (Å²) >= 11 is 0. The lowest BCUT2D eigenvalue weighted by atomic mass is 10.1. The lowest BCUT2D eigenvalue weighted by molar-refractivity contribution is 0.102. The predicted octanol–water partition coefficient (Wildman–Crippen LogP) is 4.17. The minimum absolute atomic E-state index is 0.130. The van der Waals surface area contributed by atoms with E-state index in [2.05, 4.69) is 12.2 Å². The second-order valence-electron chi connectivity index (χ2n) is 5.35. The molecule has 3 N–H and O–H groups in total. The van der Waals surface area contributed by atoms with E-state index in [1.54, 1.807) is 0 Å². The van der Waals surface area contributed by atoms with Crippen LogP contribution in [0.4, 0.5) is 11.4 Å². The van der Waals surface area contributed by atoms with Crippen molar-refractivity contribution in [1.82, 2.24) is 0 Å². The predicted molar refractivity (Wildman–Crippen MR) is 88.6 cm³/mol. The van der Waals surface area contributed by atoms with Crippen molar-refractivity contribution < 1.29 is 4.79 Å². The van der Waals surface area contributed by atoms with Crippen molar-refractivity contribution in [3.05, 3.63) is 59.2 Å². The zero-order valence-electron chi connectivity index (χ0n) is 12.6. The van der Waals surface area contributed by atoms with E-state index in [0.717, 1.165) is 24.8 Å². The van der Waals surface area contributed by atoms with Crippen LogP contribution in [0.3, 0.4) is 0 Å². The van der Waals surface area contributed by atoms with E-state index in [1.807, 2.05) is 49.4 Å². The number of unbranched alkanes of at least 4 members (excludes halogenated alkanes) is 1. The van der Waals surface area contributed by atoms with Gasteiger partial charge in [-0.3, -0.25) is 4.79 Å². The molecular formula is C18H22N2O. The molecule has 0 aliphatic rings. The molecule has 0 heterocycles. The first-order valence-corrected chi connectivity index (χ1v) is 7.36. The molecule has 110 valence electrons. The summed E-state index contributed by atoms with van der Waals surface area (Å²) < 4.78 is 0. The molecule has 2 aromatic carbocycles. The number of benzene rings is 2. The van der Waals surface area contributed by atoms with E-state index in [-0.39, 0.29) is 5.91 Å². The van der Waals surface area contributed by atoms with Crippen molar-refractivity contribution in [2.75, 3.05) is 11.1 Å². The number of carbonyl (C=O) groups is 1. The van der Waals surface area contributed by atoms with Crippen LogP contribution in [0.5, 0.6) is 0 Å². The van der Waals surface area contributed by atoms with Crippen LogP contribution in [-0.4, -0.2) is 5.91 Å². The smallest absolute Gasteiger partial charge is 0.255 e. The standard InChI is InChI=1S/C18H22N2O/c1-3-4-5-14-8-11-16(19)17(12-14)20-18(21)15-9-6-13(2)7-10-15/h6-12H,3-5,19H2,1-2H3,(H,20,21). The zero-order chi connectivity index (χ0) is 15.2. The van der Waals surface area contributed by atoms with Crippen LogP contribution in [0.25, 0.3) is 0 Å². The second kappa shape index (κ2) is 6.93. The molecule has 0 saturated carbocycles. The Labute approximate surface area is 126 Å². The van der Waals surface area contributed by atoms with Gasteiger partial charge in [0.15, 0.2) is 0 Å². The highest BCUT2D eigenvalue weighted by molar-refractivity contribution is 6.05. The average Bonchev–Trinajstić information content (AvgIpc) is 2.48. The van der Waals surface area contributed by atoms with Gasteiger partial charge in [-0.25, -0.2) is 0 Å². The summed E-state index contributed by atoms with van der Waals surface area (Å²) in [5, 5.41) is 2.90. The number of anilines is 2. The van der Waals surface area contributed by atoms with Crippen LogP contribution in [-0.2, 0) is 6.42 Å². The van der Waals surface area contributed by atoms with Gasteiger partial charge in [0.05, 0.1) is 11.4 Å². The van der Waals surface area contributed by atoms with Crippen LogP contribution in [0, 0.1) is 6.92 Å². The maximum atomic E-state index is 12.2. The summed E-state index contributed by atoms with van der Waals surface area (Å²) in [6.45, 7) is 4.16. The molecule has 3 heteroatoms. The lowest BCUT2D eigenvalue weighted by Crippen LogP contribution is -2.13. The number of amides is 1. The van der Waals surface area contributed by atoms with Crippen molar-refractivity contribution >= 4 is 17.3 Å². The van der Waals surface area contributed by atoms with Gasteiger partial charge in [-0.05, 0) is 49.6 Å². The summed E-state index contributed by atoms with van der Waals surface area (Å²) in [6, 6.07) is 13.3. The molecule has 0 aliphatic carbocycles. The Morgan fingerprint density at radius 1 is 1.14 bits per heavy atom. The quantitative estimate of drug-likeness (QED) is 0.809. The van der Waals surface area contributed by atoms with E-state index in [0.29, 0.717) is 16.9 Å². The Morgan fingerprint density at radius 3 is 2.52 bits per heavy atom. The monoisotopic (exact) mass is 282 g/mol. The number of hydrogen-bond acceptors (Lipinski definition) is 2. The van der Waals surface area contributed by atoms with Gasteiger partial charge in [0.1, 0.15) is 0 Å². The molecule has 1 amide bonds. The Morgan fingerprint density at radius 2 is 1.86 bits per heavy atom. The van der Waals surface area contributed by atoms with E-state index in [9.17, 15) is 4.79 Å². The average molecular weight is 282 g/mol. The maximum Gasteiger partial charge on any atom is 0.255 e. The van der Waals surface area contributed by atoms with Gasteiger partial charge in [0.2, 0.25) is 0 Å². The summed E-state index contributed by atoms with van der Waals surface area (Å²) in [7, 11) is 0. The molecular weight excluding hydrogens is 260 g/mol. The van der Waals surface area contributed by atoms with Crippen LogP contribution >= 0.6 is 0 Å². The minimum Gasteiger partial charge on any atom is -0.397 e. The Hall–Kier alpha value is -2.29. The highest BCUT2D eigenvalue weighted by atomic mass is 16.1. The van der Waals surface area contributed by atoms with Crippen molar-refractivity contribution in [3.8, 4) is 0 Å². The fourth-order valence-electron chi connectivity index (χ4n) is 2.15. The highest BCUT2D eigenvalue weighted by Gasteiger charge is 2.08. The number of carbonyl (C=O) groups excluding carboxylic acids is 1. The van der Waals surface area contributed by atoms with Crippen molar-refractivity contribution in [2.24, 2.45) is 0 Å². The fourth-order valence-corrected chi connectivity index (χ4v) is 2.15. The molecule has 2 aromatic rings. The second-order valence-corrected chi connectivity index (χ2v) is 5.35. The SMILES string of the molecule is CCCCc1ccc(N)c(NC(=O)c2ccc(C)cc2)c1. The van der Waals surface area contributed by atoms with Gasteiger partial charge >= 0.3 is 0 Å². The molecule has 0 bridgehead atoms. The van der Waals surface area contributed by atoms with Crippen LogP contribution in [0.2, 0.25) is 0 Å². The van der Waals surface area contributed by atoms with Gasteiger partial charge in [-0.2, -0.15) is 0 Å². The van der Waals surface area contributed by atoms with Gasteiger partial charge in [-0.1, -0.05) is 37.1 Å². The third kappa shape index (κ3) is 4.09. The highest BCUT2D eigenvalue weighted by Crippen LogP contribution is 2.22. The van der Waals surface area contributed by atoms with Crippen molar-refractivity contribution in [3.63, 3.8) is 0 Å². The molecule has 0 aliphatic heterocycles. The van der Waals surface area contributed by atoms with Gasteiger partial charge < -0.3 is 11.1 Å². The Kier molecular flexibility index (Phi) is 4.99. The third-order valence-electron chi connectivity index (χ3n) is 3.50. The third-order valence-corrected chi connectivity index (χ3v) is 3.50. The van der Waals surface area contributed by atoms with Gasteiger partial charge in [0.25, 0.3) is 5.91 Å². The summed E-state index contributed by atoms with van der Waals surface area (Å²) in [6.07, 6.45) is 3.29. The van der Waals surface area contributed by atoms with E-state index in [4.69, 9.17) is 5.73 Å². The largest absolute Gasteiger partial charge is 0.397 e. The van der Waals surface area contributed by atoms with Gasteiger partial charge in [0, 0.05) is 5.56 Å². The molecule has 21 heavy (non-hydrogen) atoms. The van der Waals surface area contributed by atoms with E-state index < -0.39 is 0 Å². The molecule has 0 unspecified atom stereocenters. The topological polar surface area (TPSA) is 55.1 Å². The van der Waals surface area contributed by atoms with E-state index in [1.165, 1.54) is 5.56 Å². The molecule has 3 nitrogen and oxygen atoms in total. The first-order chi connectivity index (χ1) is 10.1. The molecule has 0 spiro atoms. The van der Waals surface area contributed by atoms with Crippen LogP contribution < -0.4 is 11.1 Å². The molecule has 0 fully saturated rings. The molecule has 0 saturated heterocycles. The molecule has 0 radical (unpaired) electrons. The van der Waals surface area contributed by atoms with E-state index >= 15 is 0 Å². The Bertz CT molecular complexity index is 618. The van der Waals surface area contributed by atoms with Crippen molar-refractivity contribution in [1.29, 1.82) is 0 Å². The minimum atomic E-state index is -0.130. The number of hydrogen-bond donors (Lipinski definition) is 2. The number of aryl methyl sites for hydroxylation is 2. The number of rotatable bonds is 5. The number of nitrogens with one attached hydrogen (secondary N) is 1. The van der Waals surface area contributed by atoms with Crippen LogP contribution in [0.15, 0.2) is 42.5 Å². The molecule has 2 rings (SSSR count). The summed E-state index contributed by atoms with van der Waals surface area (Å²) in [4.78, 5) is 12.2. The fraction of sp³-hybridized carbons (Fsp3) is 0.278. The molecule has 0 aromatic heterocycles. The number of nitrogens with two attached hydrogens (primary N) is 1. The van der Waals surface area contributed by atoms with Crippen LogP contribution in [0.1, 0.15) is 41.3 Å². The normalized spacial score (nSPS) is 10.4. The first kappa shape index (κ1) is 15.1. The maximum absolute atomic E-state index is 12.2. The zero-order valence-corrected chi connectivity index (χ0v) is 12.6. The number of nitrogen functional groups attached to an aromatic ring is 1. The van der Waals surface area contributed by atoms with Crippen molar-refractivity contribution in [2.45, 2.75) is 33.1 Å². The summed E-state index contributed by atoms with van der Waals surface area (Å²) in [5.41, 5.74) is 10.2. The Balaban J connectivity index is 2.14. The van der Waals surface area contributed by atoms with Gasteiger partial charge in [-0.15, -0.1) is 0 Å².